The van der Waals surface area contributed by atoms with Gasteiger partial charge < -0.3 is 10.4 Å². The summed E-state index contributed by atoms with van der Waals surface area (Å²) in [4.78, 5) is 18.2. The van der Waals surface area contributed by atoms with Crippen LogP contribution >= 0.6 is 0 Å². The number of isocyanates is 1. The normalized spacial score (nSPS) is 7.36. The van der Waals surface area contributed by atoms with Crippen LogP contribution in [-0.2, 0) is 9.59 Å². The molecule has 0 radical (unpaired) electrons. The third-order valence-electron chi connectivity index (χ3n) is 0.703. The Hall–Kier alpha value is -1.19. The lowest BCUT2D eigenvalue weighted by molar-refractivity contribution is -0.135. The first-order valence-corrected chi connectivity index (χ1v) is 3.15. The van der Waals surface area contributed by atoms with Gasteiger partial charge in [0.2, 0.25) is 6.08 Å². The van der Waals surface area contributed by atoms with Gasteiger partial charge >= 0.3 is 5.97 Å². The van der Waals surface area contributed by atoms with Crippen LogP contribution in [0.15, 0.2) is 0 Å². The van der Waals surface area contributed by atoms with E-state index < -0.39 is 5.97 Å². The van der Waals surface area contributed by atoms with Gasteiger partial charge in [0.1, 0.15) is 0 Å². The minimum absolute atomic E-state index is 0.0772. The Kier molecular flexibility index (Phi) is 13.1. The lowest BCUT2D eigenvalue weighted by Crippen LogP contribution is -2.22. The molecule has 11 heavy (non-hydrogen) atoms. The molecule has 5 nitrogen and oxygen atoms in total. The summed E-state index contributed by atoms with van der Waals surface area (Å²) in [6, 6.07) is 0. The van der Waals surface area contributed by atoms with Crippen molar-refractivity contribution in [2.45, 2.75) is 13.3 Å². The molecule has 0 aliphatic heterocycles. The van der Waals surface area contributed by atoms with E-state index in [1.165, 1.54) is 0 Å². The fourth-order valence-corrected chi connectivity index (χ4v) is 0.372. The maximum absolute atomic E-state index is 9.81. The summed E-state index contributed by atoms with van der Waals surface area (Å²) in [5.41, 5.74) is 0. The van der Waals surface area contributed by atoms with Gasteiger partial charge in [-0.15, -0.1) is 0 Å². The van der Waals surface area contributed by atoms with Crippen LogP contribution in [0.1, 0.15) is 13.3 Å². The van der Waals surface area contributed by atoms with Crippen LogP contribution in [0, 0.1) is 5.41 Å². The Labute approximate surface area is 64.9 Å². The van der Waals surface area contributed by atoms with Gasteiger partial charge in [-0.1, -0.05) is 6.92 Å². The van der Waals surface area contributed by atoms with Gasteiger partial charge in [-0.05, 0) is 13.0 Å². The Morgan fingerprint density at radius 1 is 1.73 bits per heavy atom. The second-order valence-electron chi connectivity index (χ2n) is 1.67. The summed E-state index contributed by atoms with van der Waals surface area (Å²) in [6.45, 7) is 2.86. The van der Waals surface area contributed by atoms with Gasteiger partial charge in [0.05, 0.1) is 6.54 Å². The number of aliphatic carboxylic acids is 1. The topological polar surface area (TPSA) is 90.2 Å². The number of carbonyl (C=O) groups excluding carboxylic acids is 1. The van der Waals surface area contributed by atoms with Crippen LogP contribution in [-0.4, -0.2) is 30.2 Å². The van der Waals surface area contributed by atoms with Crippen molar-refractivity contribution in [3.05, 3.63) is 0 Å². The largest absolute Gasteiger partial charge is 0.480 e. The average Bonchev–Trinajstić information content (AvgIpc) is 1.89. The van der Waals surface area contributed by atoms with Crippen LogP contribution < -0.4 is 5.32 Å². The highest BCUT2D eigenvalue weighted by atomic mass is 16.4. The molecular formula is C6H12N2O3. The van der Waals surface area contributed by atoms with Gasteiger partial charge in [0, 0.05) is 0 Å². The number of hydrogen-bond acceptors (Lipinski definition) is 4. The fourth-order valence-electron chi connectivity index (χ4n) is 0.372. The molecule has 0 rings (SSSR count). The predicted octanol–water partition coefficient (Wildman–Crippen LogP) is -0.0284. The highest BCUT2D eigenvalue weighted by molar-refractivity contribution is 5.68. The molecule has 64 valence electrons. The van der Waals surface area contributed by atoms with Crippen molar-refractivity contribution in [3.63, 3.8) is 0 Å². The van der Waals surface area contributed by atoms with Crippen LogP contribution in [0.5, 0.6) is 0 Å². The molecule has 0 fully saturated rings. The highest BCUT2D eigenvalue weighted by Gasteiger charge is 1.90. The number of hydrogen-bond donors (Lipinski definition) is 3. The monoisotopic (exact) mass is 160 g/mol. The molecule has 0 spiro atoms. The Morgan fingerprint density at radius 3 is 2.45 bits per heavy atom. The lowest BCUT2D eigenvalue weighted by Gasteiger charge is -1.94. The van der Waals surface area contributed by atoms with Gasteiger partial charge in [0.15, 0.2) is 0 Å². The third kappa shape index (κ3) is 28.1. The third-order valence-corrected chi connectivity index (χ3v) is 0.703. The number of carboxylic acids is 1. The van der Waals surface area contributed by atoms with Gasteiger partial charge in [0.25, 0.3) is 0 Å². The van der Waals surface area contributed by atoms with E-state index in [0.717, 1.165) is 19.0 Å². The highest BCUT2D eigenvalue weighted by Crippen LogP contribution is 1.67. The number of nitrogens with one attached hydrogen (secondary N) is 2. The zero-order valence-electron chi connectivity index (χ0n) is 6.39. The molecule has 0 bridgehead atoms. The molecule has 0 saturated heterocycles. The van der Waals surface area contributed by atoms with E-state index in [-0.39, 0.29) is 6.54 Å². The molecule has 0 aromatic heterocycles. The first-order chi connectivity index (χ1) is 5.18. The van der Waals surface area contributed by atoms with Gasteiger partial charge in [-0.3, -0.25) is 4.79 Å². The second-order valence-corrected chi connectivity index (χ2v) is 1.67. The van der Waals surface area contributed by atoms with E-state index in [2.05, 4.69) is 5.32 Å². The molecule has 0 atom stereocenters. The average molecular weight is 160 g/mol. The van der Waals surface area contributed by atoms with Gasteiger partial charge in [-0.25, -0.2) is 10.2 Å². The van der Waals surface area contributed by atoms with E-state index in [1.807, 2.05) is 6.92 Å². The van der Waals surface area contributed by atoms with Crippen molar-refractivity contribution >= 4 is 12.0 Å². The van der Waals surface area contributed by atoms with E-state index in [9.17, 15) is 4.79 Å². The molecule has 0 aromatic carbocycles. The smallest absolute Gasteiger partial charge is 0.317 e. The van der Waals surface area contributed by atoms with Crippen molar-refractivity contribution in [2.75, 3.05) is 13.1 Å². The van der Waals surface area contributed by atoms with Crippen LogP contribution in [0.3, 0.4) is 0 Å². The molecule has 0 aliphatic carbocycles. The summed E-state index contributed by atoms with van der Waals surface area (Å²) in [5.74, 6) is -0.793. The summed E-state index contributed by atoms with van der Waals surface area (Å²) in [7, 11) is 0. The Morgan fingerprint density at radius 2 is 2.18 bits per heavy atom. The van der Waals surface area contributed by atoms with Crippen molar-refractivity contribution in [1.29, 1.82) is 5.41 Å². The van der Waals surface area contributed by atoms with Crippen LogP contribution in [0.25, 0.3) is 0 Å². The van der Waals surface area contributed by atoms with E-state index in [1.54, 1.807) is 0 Å². The van der Waals surface area contributed by atoms with Crippen molar-refractivity contribution in [1.82, 2.24) is 5.32 Å². The van der Waals surface area contributed by atoms with Crippen molar-refractivity contribution in [2.24, 2.45) is 0 Å². The fraction of sp³-hybridized carbons (Fsp3) is 0.667. The van der Waals surface area contributed by atoms with E-state index in [4.69, 9.17) is 15.3 Å². The molecule has 0 amide bonds. The molecule has 0 heterocycles. The summed E-state index contributed by atoms with van der Waals surface area (Å²) in [5, 5.41) is 16.2. The van der Waals surface area contributed by atoms with Crippen LogP contribution in [0.2, 0.25) is 0 Å². The maximum atomic E-state index is 9.81. The zero-order chi connectivity index (χ0) is 9.11. The standard InChI is InChI=1S/C5H11NO2.CHNO/c1-2-3-6-4-5(7)8;2-1-3/h6H,2-4H2,1H3,(H,7,8);2H. The quantitative estimate of drug-likeness (QED) is 0.306. The minimum atomic E-state index is -0.793. The first kappa shape index (κ1) is 12.5. The number of carboxylic acid groups (broad SMARTS) is 1. The zero-order valence-corrected chi connectivity index (χ0v) is 6.39. The maximum Gasteiger partial charge on any atom is 0.317 e. The molecule has 0 saturated carbocycles. The lowest BCUT2D eigenvalue weighted by atomic mass is 10.5. The minimum Gasteiger partial charge on any atom is -0.480 e. The Bertz CT molecular complexity index is 130. The second kappa shape index (κ2) is 11.6. The molecule has 0 unspecified atom stereocenters. The van der Waals surface area contributed by atoms with E-state index in [0.29, 0.717) is 0 Å². The Balaban J connectivity index is 0. The van der Waals surface area contributed by atoms with E-state index >= 15 is 0 Å². The molecule has 0 aliphatic rings. The molecule has 3 N–H and O–H groups in total. The molecular weight excluding hydrogens is 148 g/mol. The first-order valence-electron chi connectivity index (χ1n) is 3.15. The number of rotatable bonds is 4. The predicted molar refractivity (Wildman–Crippen MR) is 39.2 cm³/mol. The summed E-state index contributed by atoms with van der Waals surface area (Å²) >= 11 is 0. The summed E-state index contributed by atoms with van der Waals surface area (Å²) in [6.07, 6.45) is 1.73. The SMILES string of the molecule is CCCNCC(=O)O.N=C=O. The van der Waals surface area contributed by atoms with Gasteiger partial charge in [-0.2, -0.15) is 0 Å². The van der Waals surface area contributed by atoms with Crippen LogP contribution in [0.4, 0.5) is 0 Å². The molecule has 0 aromatic rings. The number of carbonyl (C=O) groups is 1. The summed E-state index contributed by atoms with van der Waals surface area (Å²) < 4.78 is 0. The molecule has 5 heteroatoms. The van der Waals surface area contributed by atoms with Crippen molar-refractivity contribution in [3.8, 4) is 0 Å². The van der Waals surface area contributed by atoms with Crippen molar-refractivity contribution < 1.29 is 14.7 Å².